The second-order valence-corrected chi connectivity index (χ2v) is 6.76. The summed E-state index contributed by atoms with van der Waals surface area (Å²) in [5, 5.41) is 0. The molecule has 2 aromatic carbocycles. The molecule has 0 saturated heterocycles. The zero-order chi connectivity index (χ0) is 17.6. The minimum absolute atomic E-state index is 0.506. The van der Waals surface area contributed by atoms with Gasteiger partial charge in [0.2, 0.25) is 0 Å². The Morgan fingerprint density at radius 2 is 1.12 bits per heavy atom. The van der Waals surface area contributed by atoms with Gasteiger partial charge in [0, 0.05) is 0 Å². The van der Waals surface area contributed by atoms with Crippen LogP contribution in [0.15, 0.2) is 72.8 Å². The van der Waals surface area contributed by atoms with Gasteiger partial charge >= 0.3 is 0 Å². The second kappa shape index (κ2) is 12.3. The second-order valence-electron chi connectivity index (χ2n) is 6.76. The summed E-state index contributed by atoms with van der Waals surface area (Å²) in [5.74, 6) is 0.506. The Morgan fingerprint density at radius 3 is 1.64 bits per heavy atom. The lowest BCUT2D eigenvalue weighted by Crippen LogP contribution is -1.92. The molecule has 0 heteroatoms. The monoisotopic (exact) mass is 332 g/mol. The molecule has 0 unspecified atom stereocenters. The van der Waals surface area contributed by atoms with Crippen molar-refractivity contribution in [2.24, 2.45) is 5.92 Å². The van der Waals surface area contributed by atoms with Gasteiger partial charge in [-0.1, -0.05) is 130 Å². The van der Waals surface area contributed by atoms with Gasteiger partial charge in [-0.25, -0.2) is 0 Å². The predicted octanol–water partition coefficient (Wildman–Crippen LogP) is 7.78. The van der Waals surface area contributed by atoms with Crippen molar-refractivity contribution in [1.29, 1.82) is 0 Å². The van der Waals surface area contributed by atoms with Gasteiger partial charge in [0.25, 0.3) is 0 Å². The zero-order valence-corrected chi connectivity index (χ0v) is 15.6. The number of unbranched alkanes of at least 4 members (excludes halogenated alkanes) is 5. The van der Waals surface area contributed by atoms with Gasteiger partial charge < -0.3 is 0 Å². The molecular weight excluding hydrogens is 300 g/mol. The van der Waals surface area contributed by atoms with Crippen molar-refractivity contribution < 1.29 is 0 Å². The molecule has 0 bridgehead atoms. The van der Waals surface area contributed by atoms with E-state index in [2.05, 4.69) is 91.9 Å². The highest BCUT2D eigenvalue weighted by Crippen LogP contribution is 2.18. The minimum Gasteiger partial charge on any atom is -0.0770 e. The molecule has 0 saturated carbocycles. The maximum absolute atomic E-state index is 2.36. The van der Waals surface area contributed by atoms with Crippen LogP contribution < -0.4 is 0 Å². The Bertz CT molecular complexity index is 558. The van der Waals surface area contributed by atoms with Crippen LogP contribution in [0, 0.1) is 5.92 Å². The summed E-state index contributed by atoms with van der Waals surface area (Å²) in [6.45, 7) is 2.28. The Morgan fingerprint density at radius 1 is 0.640 bits per heavy atom. The van der Waals surface area contributed by atoms with Crippen LogP contribution in [0.25, 0.3) is 12.2 Å². The van der Waals surface area contributed by atoms with E-state index in [9.17, 15) is 0 Å². The van der Waals surface area contributed by atoms with Gasteiger partial charge in [-0.2, -0.15) is 0 Å². The maximum atomic E-state index is 2.36. The maximum Gasteiger partial charge on any atom is -0.00468 e. The summed E-state index contributed by atoms with van der Waals surface area (Å²) in [4.78, 5) is 0. The molecule has 0 aliphatic rings. The summed E-state index contributed by atoms with van der Waals surface area (Å²) in [7, 11) is 0. The van der Waals surface area contributed by atoms with E-state index in [-0.39, 0.29) is 0 Å². The molecule has 2 aromatic rings. The van der Waals surface area contributed by atoms with E-state index in [0.717, 1.165) is 0 Å². The molecule has 0 aliphatic carbocycles. The van der Waals surface area contributed by atoms with Gasteiger partial charge in [0.15, 0.2) is 0 Å². The Labute approximate surface area is 154 Å². The van der Waals surface area contributed by atoms with Crippen LogP contribution >= 0.6 is 0 Å². The molecule has 0 amide bonds. The zero-order valence-electron chi connectivity index (χ0n) is 15.6. The molecule has 0 aliphatic heterocycles. The molecule has 2 rings (SSSR count). The summed E-state index contributed by atoms with van der Waals surface area (Å²) >= 11 is 0. The first-order chi connectivity index (χ1) is 12.4. The van der Waals surface area contributed by atoms with Crippen molar-refractivity contribution in [3.05, 3.63) is 83.9 Å². The largest absolute Gasteiger partial charge is 0.0770 e. The normalized spacial score (nSPS) is 12.8. The molecule has 0 nitrogen and oxygen atoms in total. The lowest BCUT2D eigenvalue weighted by molar-refractivity contribution is 0.564. The van der Waals surface area contributed by atoms with Gasteiger partial charge in [0.05, 0.1) is 0 Å². The topological polar surface area (TPSA) is 0 Å². The summed E-state index contributed by atoms with van der Waals surface area (Å²) in [5.41, 5.74) is 2.56. The van der Waals surface area contributed by atoms with Crippen LogP contribution in [-0.4, -0.2) is 0 Å². The van der Waals surface area contributed by atoms with Gasteiger partial charge in [0.1, 0.15) is 0 Å². The molecule has 0 N–H and O–H groups in total. The standard InChI is InChI=1S/C25H32/c1-2-3-4-5-6-9-18-25(21-19-23-14-10-7-11-15-23)22-20-24-16-12-8-13-17-24/h7-8,10-17,19-22,25H,2-6,9,18H2,1H3. The predicted molar refractivity (Wildman–Crippen MR) is 112 cm³/mol. The third-order valence-electron chi connectivity index (χ3n) is 4.56. The van der Waals surface area contributed by atoms with Gasteiger partial charge in [-0.3, -0.25) is 0 Å². The average Bonchev–Trinajstić information content (AvgIpc) is 2.67. The number of benzene rings is 2. The fourth-order valence-corrected chi connectivity index (χ4v) is 3.01. The van der Waals surface area contributed by atoms with Crippen LogP contribution in [-0.2, 0) is 0 Å². The molecule has 0 radical (unpaired) electrons. The van der Waals surface area contributed by atoms with E-state index in [1.165, 1.54) is 56.1 Å². The minimum atomic E-state index is 0.506. The fraction of sp³-hybridized carbons (Fsp3) is 0.360. The lowest BCUT2D eigenvalue weighted by atomic mass is 9.97. The quantitative estimate of drug-likeness (QED) is 0.368. The van der Waals surface area contributed by atoms with Crippen LogP contribution in [0.1, 0.15) is 63.0 Å². The van der Waals surface area contributed by atoms with Crippen LogP contribution in [0.2, 0.25) is 0 Å². The first-order valence-corrected chi connectivity index (χ1v) is 9.85. The van der Waals surface area contributed by atoms with Crippen molar-refractivity contribution in [2.45, 2.75) is 51.9 Å². The summed E-state index contributed by atoms with van der Waals surface area (Å²) < 4.78 is 0. The molecule has 0 spiro atoms. The molecular formula is C25H32. The average molecular weight is 333 g/mol. The fourth-order valence-electron chi connectivity index (χ4n) is 3.01. The summed E-state index contributed by atoms with van der Waals surface area (Å²) in [6.07, 6.45) is 18.6. The number of allylic oxidation sites excluding steroid dienone is 2. The van der Waals surface area contributed by atoms with Crippen molar-refractivity contribution in [3.63, 3.8) is 0 Å². The van der Waals surface area contributed by atoms with Crippen LogP contribution in [0.5, 0.6) is 0 Å². The Hall–Kier alpha value is -2.08. The van der Waals surface area contributed by atoms with E-state index < -0.39 is 0 Å². The highest BCUT2D eigenvalue weighted by Gasteiger charge is 2.01. The van der Waals surface area contributed by atoms with E-state index >= 15 is 0 Å². The number of hydrogen-bond donors (Lipinski definition) is 0. The van der Waals surface area contributed by atoms with E-state index in [4.69, 9.17) is 0 Å². The van der Waals surface area contributed by atoms with Crippen molar-refractivity contribution in [1.82, 2.24) is 0 Å². The Kier molecular flexibility index (Phi) is 9.47. The van der Waals surface area contributed by atoms with Crippen molar-refractivity contribution in [3.8, 4) is 0 Å². The Balaban J connectivity index is 1.91. The third-order valence-corrected chi connectivity index (χ3v) is 4.56. The van der Waals surface area contributed by atoms with Crippen LogP contribution in [0.4, 0.5) is 0 Å². The summed E-state index contributed by atoms with van der Waals surface area (Å²) in [6, 6.07) is 21.2. The van der Waals surface area contributed by atoms with Gasteiger partial charge in [-0.15, -0.1) is 0 Å². The molecule has 0 aromatic heterocycles. The number of rotatable bonds is 11. The molecule has 0 atom stereocenters. The molecule has 132 valence electrons. The van der Waals surface area contributed by atoms with Crippen LogP contribution in [0.3, 0.4) is 0 Å². The first-order valence-electron chi connectivity index (χ1n) is 9.85. The van der Waals surface area contributed by atoms with Gasteiger partial charge in [-0.05, 0) is 23.5 Å². The first kappa shape index (κ1) is 19.2. The third kappa shape index (κ3) is 8.54. The van der Waals surface area contributed by atoms with E-state index in [1.807, 2.05) is 0 Å². The smallest absolute Gasteiger partial charge is 0.00468 e. The number of hydrogen-bond acceptors (Lipinski definition) is 0. The van der Waals surface area contributed by atoms with E-state index in [1.54, 1.807) is 0 Å². The SMILES string of the molecule is CCCCCCCCC(C=Cc1ccccc1)C=Cc1ccccc1. The molecule has 25 heavy (non-hydrogen) atoms. The molecule has 0 heterocycles. The molecule has 0 fully saturated rings. The highest BCUT2D eigenvalue weighted by molar-refractivity contribution is 5.52. The van der Waals surface area contributed by atoms with E-state index in [0.29, 0.717) is 5.92 Å². The van der Waals surface area contributed by atoms with Crippen molar-refractivity contribution >= 4 is 12.2 Å². The van der Waals surface area contributed by atoms with Crippen molar-refractivity contribution in [2.75, 3.05) is 0 Å². The highest BCUT2D eigenvalue weighted by atomic mass is 14.1. The lowest BCUT2D eigenvalue weighted by Gasteiger charge is -2.08.